The van der Waals surface area contributed by atoms with Crippen molar-refractivity contribution in [1.29, 1.82) is 0 Å². The number of hydrogen-bond donors (Lipinski definition) is 2. The molecule has 9 heteroatoms. The van der Waals surface area contributed by atoms with Gasteiger partial charge in [-0.15, -0.1) is 10.2 Å². The van der Waals surface area contributed by atoms with Crippen molar-refractivity contribution in [2.75, 3.05) is 11.9 Å². The molecule has 0 fully saturated rings. The maximum atomic E-state index is 12.3. The molecule has 0 saturated heterocycles. The lowest BCUT2D eigenvalue weighted by Gasteiger charge is -1.98. The summed E-state index contributed by atoms with van der Waals surface area (Å²) in [6.07, 6.45) is 1.03. The number of hydrogen-bond acceptors (Lipinski definition) is 8. The highest BCUT2D eigenvalue weighted by molar-refractivity contribution is 8.00. The molecule has 4 rings (SSSR count). The average molecular weight is 373 g/mol. The van der Waals surface area contributed by atoms with Crippen LogP contribution in [0.1, 0.15) is 19.2 Å². The van der Waals surface area contributed by atoms with Gasteiger partial charge in [-0.25, -0.2) is 4.98 Å². The van der Waals surface area contributed by atoms with Crippen molar-refractivity contribution in [3.63, 3.8) is 0 Å². The predicted molar refractivity (Wildman–Crippen MR) is 100 cm³/mol. The van der Waals surface area contributed by atoms with Crippen LogP contribution in [0.5, 0.6) is 0 Å². The van der Waals surface area contributed by atoms with Crippen LogP contribution in [0.15, 0.2) is 37.8 Å². The minimum absolute atomic E-state index is 0.261. The molecule has 0 aliphatic carbocycles. The van der Waals surface area contributed by atoms with Gasteiger partial charge >= 0.3 is 0 Å². The molecule has 25 heavy (non-hydrogen) atoms. The third kappa shape index (κ3) is 3.24. The molecule has 4 aromatic rings. The van der Waals surface area contributed by atoms with E-state index in [0.717, 1.165) is 27.8 Å². The van der Waals surface area contributed by atoms with Crippen LogP contribution in [0.2, 0.25) is 0 Å². The number of aromatic nitrogens is 4. The van der Waals surface area contributed by atoms with E-state index in [1.165, 1.54) is 23.1 Å². The lowest BCUT2D eigenvalue weighted by Crippen LogP contribution is -2.10. The van der Waals surface area contributed by atoms with Gasteiger partial charge in [0, 0.05) is 11.9 Å². The van der Waals surface area contributed by atoms with E-state index < -0.39 is 0 Å². The summed E-state index contributed by atoms with van der Waals surface area (Å²) >= 11 is 2.99. The van der Waals surface area contributed by atoms with Crippen LogP contribution in [0.4, 0.5) is 5.13 Å². The van der Waals surface area contributed by atoms with Gasteiger partial charge in [0.05, 0.1) is 5.75 Å². The monoisotopic (exact) mass is 373 g/mol. The Bertz CT molecular complexity index is 1080. The quantitative estimate of drug-likeness (QED) is 0.498. The highest BCUT2D eigenvalue weighted by atomic mass is 32.2. The Morgan fingerprint density at radius 2 is 2.20 bits per heavy atom. The number of benzene rings is 1. The summed E-state index contributed by atoms with van der Waals surface area (Å²) in [6, 6.07) is 7.51. The van der Waals surface area contributed by atoms with Crippen molar-refractivity contribution >= 4 is 50.3 Å². The van der Waals surface area contributed by atoms with Gasteiger partial charge in [0.15, 0.2) is 4.34 Å². The van der Waals surface area contributed by atoms with Crippen molar-refractivity contribution in [2.45, 2.75) is 23.4 Å². The molecule has 128 valence electrons. The lowest BCUT2D eigenvalue weighted by atomic mass is 10.2. The van der Waals surface area contributed by atoms with E-state index in [1.54, 1.807) is 0 Å². The summed E-state index contributed by atoms with van der Waals surface area (Å²) < 4.78 is 6.43. The van der Waals surface area contributed by atoms with Crippen molar-refractivity contribution in [2.24, 2.45) is 0 Å². The van der Waals surface area contributed by atoms with Crippen molar-refractivity contribution in [1.82, 2.24) is 20.2 Å². The van der Waals surface area contributed by atoms with Gasteiger partial charge in [-0.05, 0) is 18.6 Å². The number of H-pyrrole nitrogens is 1. The van der Waals surface area contributed by atoms with Crippen LogP contribution in [0, 0.1) is 0 Å². The molecule has 3 aromatic heterocycles. The summed E-state index contributed by atoms with van der Waals surface area (Å²) in [6.45, 7) is 2.97. The van der Waals surface area contributed by atoms with E-state index >= 15 is 0 Å². The van der Waals surface area contributed by atoms with Gasteiger partial charge in [-0.2, -0.15) is 0 Å². The van der Waals surface area contributed by atoms with Crippen LogP contribution in [-0.4, -0.2) is 26.7 Å². The first kappa shape index (κ1) is 16.1. The normalized spacial score (nSPS) is 11.4. The Labute approximate surface area is 150 Å². The SMILES string of the molecule is CCCNc1nnc(SCc2nc3c(oc4ccccc43)c(=O)[nH]2)s1. The van der Waals surface area contributed by atoms with Gasteiger partial charge in [-0.3, -0.25) is 4.79 Å². The summed E-state index contributed by atoms with van der Waals surface area (Å²) in [7, 11) is 0. The Kier molecular flexibility index (Phi) is 4.41. The minimum Gasteiger partial charge on any atom is -0.449 e. The number of fused-ring (bicyclic) bond motifs is 3. The molecule has 0 amide bonds. The number of anilines is 1. The van der Waals surface area contributed by atoms with E-state index in [1.807, 2.05) is 24.3 Å². The number of furan rings is 1. The van der Waals surface area contributed by atoms with Gasteiger partial charge in [0.2, 0.25) is 10.7 Å². The van der Waals surface area contributed by atoms with Gasteiger partial charge < -0.3 is 14.7 Å². The molecule has 0 radical (unpaired) electrons. The first-order chi connectivity index (χ1) is 12.2. The van der Waals surface area contributed by atoms with Crippen LogP contribution in [0.25, 0.3) is 22.1 Å². The highest BCUT2D eigenvalue weighted by Gasteiger charge is 2.13. The summed E-state index contributed by atoms with van der Waals surface area (Å²) in [5.41, 5.74) is 1.25. The zero-order chi connectivity index (χ0) is 17.2. The van der Waals surface area contributed by atoms with Gasteiger partial charge in [0.1, 0.15) is 16.9 Å². The maximum absolute atomic E-state index is 12.3. The smallest absolute Gasteiger partial charge is 0.294 e. The minimum atomic E-state index is -0.264. The molecule has 0 saturated carbocycles. The van der Waals surface area contributed by atoms with Crippen LogP contribution in [0.3, 0.4) is 0 Å². The number of aromatic amines is 1. The van der Waals surface area contributed by atoms with Gasteiger partial charge in [0.25, 0.3) is 5.56 Å². The van der Waals surface area contributed by atoms with Crippen LogP contribution < -0.4 is 10.9 Å². The Morgan fingerprint density at radius 3 is 3.08 bits per heavy atom. The second-order valence-corrected chi connectivity index (χ2v) is 7.58. The number of thioether (sulfide) groups is 1. The van der Waals surface area contributed by atoms with E-state index in [-0.39, 0.29) is 11.1 Å². The summed E-state index contributed by atoms with van der Waals surface area (Å²) in [5.74, 6) is 1.10. The maximum Gasteiger partial charge on any atom is 0.294 e. The lowest BCUT2D eigenvalue weighted by molar-refractivity contribution is 0.660. The molecule has 0 bridgehead atoms. The molecule has 0 atom stereocenters. The fourth-order valence-electron chi connectivity index (χ4n) is 2.42. The van der Waals surface area contributed by atoms with Crippen LogP contribution in [-0.2, 0) is 5.75 Å². The van der Waals surface area contributed by atoms with E-state index in [4.69, 9.17) is 4.42 Å². The molecular weight excluding hydrogens is 358 g/mol. The number of nitrogens with zero attached hydrogens (tertiary/aromatic N) is 3. The fraction of sp³-hybridized carbons (Fsp3) is 0.250. The van der Waals surface area contributed by atoms with Crippen molar-refractivity contribution in [3.8, 4) is 0 Å². The zero-order valence-corrected chi connectivity index (χ0v) is 15.0. The molecule has 0 spiro atoms. The Hall–Kier alpha value is -2.39. The molecular formula is C16H15N5O2S2. The average Bonchev–Trinajstić information content (AvgIpc) is 3.23. The van der Waals surface area contributed by atoms with Crippen molar-refractivity contribution < 1.29 is 4.42 Å². The van der Waals surface area contributed by atoms with Crippen molar-refractivity contribution in [3.05, 3.63) is 40.4 Å². The standard InChI is InChI=1S/C16H15N5O2S2/c1-2-7-17-15-20-21-16(25-15)24-8-11-18-12-9-5-3-4-6-10(9)23-13(12)14(22)19-11/h3-6H,2,7-8H2,1H3,(H,17,20)(H,18,19,22). The number of para-hydroxylation sites is 1. The molecule has 0 aliphatic heterocycles. The topological polar surface area (TPSA) is 96.7 Å². The molecule has 2 N–H and O–H groups in total. The molecule has 0 aliphatic rings. The fourth-order valence-corrected chi connectivity index (χ4v) is 4.07. The second-order valence-electron chi connectivity index (χ2n) is 5.38. The molecule has 3 heterocycles. The van der Waals surface area contributed by atoms with Gasteiger partial charge in [-0.1, -0.05) is 42.2 Å². The van der Waals surface area contributed by atoms with E-state index in [0.29, 0.717) is 22.7 Å². The molecule has 0 unspecified atom stereocenters. The highest BCUT2D eigenvalue weighted by Crippen LogP contribution is 2.29. The van der Waals surface area contributed by atoms with E-state index in [9.17, 15) is 4.79 Å². The first-order valence-electron chi connectivity index (χ1n) is 7.85. The van der Waals surface area contributed by atoms with E-state index in [2.05, 4.69) is 32.4 Å². The number of rotatable bonds is 6. The largest absolute Gasteiger partial charge is 0.449 e. The zero-order valence-electron chi connectivity index (χ0n) is 13.4. The number of nitrogens with one attached hydrogen (secondary N) is 2. The molecule has 1 aromatic carbocycles. The predicted octanol–water partition coefficient (Wildman–Crippen LogP) is 3.64. The summed E-state index contributed by atoms with van der Waals surface area (Å²) in [5, 5.41) is 13.1. The first-order valence-corrected chi connectivity index (χ1v) is 9.65. The third-order valence-corrected chi connectivity index (χ3v) is 5.57. The third-order valence-electron chi connectivity index (χ3n) is 3.55. The Balaban J connectivity index is 1.58. The molecule has 7 nitrogen and oxygen atoms in total. The summed E-state index contributed by atoms with van der Waals surface area (Å²) in [4.78, 5) is 19.6. The second kappa shape index (κ2) is 6.85. The Morgan fingerprint density at radius 1 is 1.32 bits per heavy atom. The van der Waals surface area contributed by atoms with Crippen LogP contribution >= 0.6 is 23.1 Å².